The molecule has 0 saturated carbocycles. The molecule has 0 atom stereocenters. The van der Waals surface area contributed by atoms with E-state index < -0.39 is 25.5 Å². The summed E-state index contributed by atoms with van der Waals surface area (Å²) in [5.74, 6) is 0.206. The Balaban J connectivity index is 2.25. The molecule has 0 aliphatic carbocycles. The fourth-order valence-electron chi connectivity index (χ4n) is 2.25. The van der Waals surface area contributed by atoms with Crippen molar-refractivity contribution in [3.8, 4) is 5.75 Å². The minimum absolute atomic E-state index is 0.00305. The average Bonchev–Trinajstić information content (AvgIpc) is 2.60. The van der Waals surface area contributed by atoms with E-state index in [-0.39, 0.29) is 12.3 Å². The van der Waals surface area contributed by atoms with Crippen LogP contribution in [0.2, 0.25) is 0 Å². The van der Waals surface area contributed by atoms with Gasteiger partial charge in [-0.05, 0) is 23.3 Å². The number of nitro benzene ring substituents is 1. The summed E-state index contributed by atoms with van der Waals surface area (Å²) in [7, 11) is -1.15. The van der Waals surface area contributed by atoms with Crippen molar-refractivity contribution in [3.05, 3.63) is 63.7 Å². The number of hydrogen-bond acceptors (Lipinski definition) is 6. The minimum atomic E-state index is -4.06. The molecule has 0 unspecified atom stereocenters. The first-order valence-corrected chi connectivity index (χ1v) is 8.74. The molecule has 0 radical (unpaired) electrons. The van der Waals surface area contributed by atoms with Gasteiger partial charge < -0.3 is 9.47 Å². The van der Waals surface area contributed by atoms with E-state index >= 15 is 0 Å². The van der Waals surface area contributed by atoms with Crippen LogP contribution in [0.15, 0.2) is 47.4 Å². The van der Waals surface area contributed by atoms with Crippen molar-refractivity contribution in [1.29, 1.82) is 0 Å². The van der Waals surface area contributed by atoms with Crippen LogP contribution in [0.1, 0.15) is 11.1 Å². The van der Waals surface area contributed by atoms with Gasteiger partial charge in [-0.3, -0.25) is 10.1 Å². The molecule has 0 spiro atoms. The van der Waals surface area contributed by atoms with Crippen molar-refractivity contribution in [2.24, 2.45) is 0 Å². The number of nitro groups is 1. The Bertz CT molecular complexity index is 867. The molecule has 0 bridgehead atoms. The van der Waals surface area contributed by atoms with Crippen LogP contribution in [0.25, 0.3) is 0 Å². The monoisotopic (exact) mass is 366 g/mol. The number of sulfonamides is 1. The zero-order chi connectivity index (χ0) is 18.4. The smallest absolute Gasteiger partial charge is 0.293 e. The van der Waals surface area contributed by atoms with Gasteiger partial charge in [-0.1, -0.05) is 24.3 Å². The molecule has 9 heteroatoms. The molecule has 0 aromatic heterocycles. The molecule has 134 valence electrons. The van der Waals surface area contributed by atoms with Crippen LogP contribution in [0, 0.1) is 10.1 Å². The summed E-state index contributed by atoms with van der Waals surface area (Å²) in [4.78, 5) is 10.0. The topological polar surface area (TPSA) is 108 Å². The molecule has 2 rings (SSSR count). The summed E-state index contributed by atoms with van der Waals surface area (Å²) in [5.41, 5.74) is 1.07. The minimum Gasteiger partial charge on any atom is -0.497 e. The Morgan fingerprint density at radius 2 is 1.84 bits per heavy atom. The Morgan fingerprint density at radius 1 is 1.12 bits per heavy atom. The van der Waals surface area contributed by atoms with Gasteiger partial charge in [0, 0.05) is 13.7 Å². The number of methoxy groups -OCH3 is 2. The maximum atomic E-state index is 12.5. The maximum absolute atomic E-state index is 12.5. The van der Waals surface area contributed by atoms with Gasteiger partial charge in [0.25, 0.3) is 5.69 Å². The lowest BCUT2D eigenvalue weighted by molar-refractivity contribution is -0.387. The molecule has 0 aliphatic rings. The van der Waals surface area contributed by atoms with Crippen LogP contribution in [-0.2, 0) is 27.9 Å². The van der Waals surface area contributed by atoms with E-state index in [1.54, 1.807) is 25.3 Å². The lowest BCUT2D eigenvalue weighted by atomic mass is 10.1. The maximum Gasteiger partial charge on any atom is 0.293 e. The van der Waals surface area contributed by atoms with Crippen molar-refractivity contribution < 1.29 is 22.8 Å². The summed E-state index contributed by atoms with van der Waals surface area (Å²) in [6.07, 6.45) is 0. The van der Waals surface area contributed by atoms with E-state index in [9.17, 15) is 18.5 Å². The zero-order valence-corrected chi connectivity index (χ0v) is 14.6. The van der Waals surface area contributed by atoms with E-state index in [0.29, 0.717) is 12.2 Å². The van der Waals surface area contributed by atoms with Gasteiger partial charge in [0.2, 0.25) is 10.0 Å². The van der Waals surface area contributed by atoms with Gasteiger partial charge in [0.15, 0.2) is 4.90 Å². The van der Waals surface area contributed by atoms with Crippen LogP contribution in [0.5, 0.6) is 5.75 Å². The van der Waals surface area contributed by atoms with Crippen LogP contribution in [-0.4, -0.2) is 27.6 Å². The van der Waals surface area contributed by atoms with Gasteiger partial charge >= 0.3 is 0 Å². The summed E-state index contributed by atoms with van der Waals surface area (Å²) >= 11 is 0. The van der Waals surface area contributed by atoms with Crippen molar-refractivity contribution in [2.75, 3.05) is 14.2 Å². The molecule has 1 N–H and O–H groups in total. The van der Waals surface area contributed by atoms with Gasteiger partial charge in [0.1, 0.15) is 5.75 Å². The molecule has 0 aliphatic heterocycles. The van der Waals surface area contributed by atoms with E-state index in [2.05, 4.69) is 4.72 Å². The number of rotatable bonds is 8. The first-order valence-electron chi connectivity index (χ1n) is 7.26. The van der Waals surface area contributed by atoms with Crippen LogP contribution in [0.3, 0.4) is 0 Å². The lowest BCUT2D eigenvalue weighted by Crippen LogP contribution is -2.24. The number of benzene rings is 2. The number of nitrogens with one attached hydrogen (secondary N) is 1. The molecule has 0 amide bonds. The normalized spacial score (nSPS) is 11.3. The third-order valence-corrected chi connectivity index (χ3v) is 4.87. The molecular formula is C16H18N2O6S. The quantitative estimate of drug-likeness (QED) is 0.567. The van der Waals surface area contributed by atoms with Crippen LogP contribution >= 0.6 is 0 Å². The fraction of sp³-hybridized carbons (Fsp3) is 0.250. The Kier molecular flexibility index (Phi) is 6.07. The largest absolute Gasteiger partial charge is 0.497 e. The number of ether oxygens (including phenoxy) is 2. The summed E-state index contributed by atoms with van der Waals surface area (Å²) in [6.45, 7) is 0.410. The van der Waals surface area contributed by atoms with Gasteiger partial charge in [0.05, 0.1) is 24.7 Å². The first kappa shape index (κ1) is 18.8. The van der Waals surface area contributed by atoms with Crippen molar-refractivity contribution >= 4 is 15.7 Å². The highest BCUT2D eigenvalue weighted by Crippen LogP contribution is 2.28. The molecule has 2 aromatic rings. The highest BCUT2D eigenvalue weighted by atomic mass is 32.2. The molecule has 2 aromatic carbocycles. The first-order chi connectivity index (χ1) is 11.9. The van der Waals surface area contributed by atoms with Crippen LogP contribution in [0.4, 0.5) is 5.69 Å². The van der Waals surface area contributed by atoms with Crippen LogP contribution < -0.4 is 9.46 Å². The second-order valence-corrected chi connectivity index (χ2v) is 6.90. The van der Waals surface area contributed by atoms with E-state index in [0.717, 1.165) is 17.7 Å². The average molecular weight is 366 g/mol. The van der Waals surface area contributed by atoms with Gasteiger partial charge in [-0.2, -0.15) is 0 Å². The standard InChI is InChI=1S/C16H18N2O6S/c1-23-11-13-5-3-4-12(8-13)10-17-25(21,22)16-7-6-14(24-2)9-15(16)18(19)20/h3-9,17H,10-11H2,1-2H3. The van der Waals surface area contributed by atoms with E-state index in [4.69, 9.17) is 9.47 Å². The fourth-order valence-corrected chi connectivity index (χ4v) is 3.41. The predicted molar refractivity (Wildman–Crippen MR) is 90.8 cm³/mol. The molecule has 25 heavy (non-hydrogen) atoms. The lowest BCUT2D eigenvalue weighted by Gasteiger charge is -2.09. The summed E-state index contributed by atoms with van der Waals surface area (Å²) in [6, 6.07) is 10.8. The molecule has 0 saturated heterocycles. The van der Waals surface area contributed by atoms with Gasteiger partial charge in [-0.25, -0.2) is 13.1 Å². The second-order valence-electron chi connectivity index (χ2n) is 5.17. The Labute approximate surface area is 145 Å². The Morgan fingerprint density at radius 3 is 2.48 bits per heavy atom. The summed E-state index contributed by atoms with van der Waals surface area (Å²) in [5, 5.41) is 11.2. The van der Waals surface area contributed by atoms with Crippen molar-refractivity contribution in [3.63, 3.8) is 0 Å². The Hall–Kier alpha value is -2.49. The van der Waals surface area contributed by atoms with Gasteiger partial charge in [-0.15, -0.1) is 0 Å². The highest BCUT2D eigenvalue weighted by molar-refractivity contribution is 7.89. The third-order valence-electron chi connectivity index (χ3n) is 3.42. The zero-order valence-electron chi connectivity index (χ0n) is 13.8. The molecular weight excluding hydrogens is 348 g/mol. The molecule has 8 nitrogen and oxygen atoms in total. The molecule has 0 heterocycles. The number of hydrogen-bond donors (Lipinski definition) is 1. The highest BCUT2D eigenvalue weighted by Gasteiger charge is 2.26. The SMILES string of the molecule is COCc1cccc(CNS(=O)(=O)c2ccc(OC)cc2[N+](=O)[O-])c1. The predicted octanol–water partition coefficient (Wildman–Crippen LogP) is 2.23. The van der Waals surface area contributed by atoms with E-state index in [1.165, 1.54) is 13.2 Å². The number of nitrogens with zero attached hydrogens (tertiary/aromatic N) is 1. The van der Waals surface area contributed by atoms with E-state index in [1.807, 2.05) is 6.07 Å². The van der Waals surface area contributed by atoms with Crippen molar-refractivity contribution in [1.82, 2.24) is 4.72 Å². The van der Waals surface area contributed by atoms with Crippen molar-refractivity contribution in [2.45, 2.75) is 18.0 Å². The summed E-state index contributed by atoms with van der Waals surface area (Å²) < 4.78 is 37.2. The third kappa shape index (κ3) is 4.75. The molecule has 0 fully saturated rings. The second kappa shape index (κ2) is 8.06.